The molecule has 0 fully saturated rings. The van der Waals surface area contributed by atoms with Crippen molar-refractivity contribution in [2.24, 2.45) is 0 Å². The molecule has 0 saturated heterocycles. The maximum Gasteiger partial charge on any atom is 0.0739 e. The Kier molecular flexibility index (Phi) is 4.16. The first-order valence-corrected chi connectivity index (χ1v) is 8.18. The van der Waals surface area contributed by atoms with E-state index < -0.39 is 0 Å². The Morgan fingerprint density at radius 3 is 2.63 bits per heavy atom. The zero-order valence-corrected chi connectivity index (χ0v) is 12.5. The van der Waals surface area contributed by atoms with Crippen LogP contribution in [-0.2, 0) is 0 Å². The van der Waals surface area contributed by atoms with Gasteiger partial charge >= 0.3 is 0 Å². The van der Waals surface area contributed by atoms with E-state index in [1.165, 1.54) is 4.90 Å². The Balaban J connectivity index is 1.64. The van der Waals surface area contributed by atoms with Gasteiger partial charge in [-0.05, 0) is 36.4 Å². The van der Waals surface area contributed by atoms with Crippen LogP contribution >= 0.6 is 35.1 Å². The molecule has 2 heterocycles. The minimum atomic E-state index is 0.367. The molecule has 0 radical (unpaired) electrons. The van der Waals surface area contributed by atoms with Gasteiger partial charge in [-0.2, -0.15) is 0 Å². The Bertz CT molecular complexity index is 568. The summed E-state index contributed by atoms with van der Waals surface area (Å²) in [5, 5.41) is 1.15. The molecule has 0 amide bonds. The van der Waals surface area contributed by atoms with Gasteiger partial charge in [0.05, 0.1) is 15.5 Å². The minimum Gasteiger partial charge on any atom is -0.260 e. The van der Waals surface area contributed by atoms with Crippen molar-refractivity contribution >= 4 is 35.1 Å². The van der Waals surface area contributed by atoms with Gasteiger partial charge in [-0.3, -0.25) is 4.98 Å². The molecule has 1 aromatic carbocycles. The molecule has 0 N–H and O–H groups in total. The highest BCUT2D eigenvalue weighted by Crippen LogP contribution is 2.45. The molecule has 1 aromatic heterocycles. The predicted molar refractivity (Wildman–Crippen MR) is 84.8 cm³/mol. The smallest absolute Gasteiger partial charge is 0.0739 e. The van der Waals surface area contributed by atoms with Gasteiger partial charge in [-0.1, -0.05) is 29.8 Å². The molecule has 1 aliphatic rings. The maximum absolute atomic E-state index is 5.89. The Morgan fingerprint density at radius 1 is 1.05 bits per heavy atom. The molecule has 2 atom stereocenters. The molecule has 2 aromatic rings. The van der Waals surface area contributed by atoms with Gasteiger partial charge in [-0.25, -0.2) is 0 Å². The second kappa shape index (κ2) is 6.04. The summed E-state index contributed by atoms with van der Waals surface area (Å²) in [7, 11) is 0. The standard InChI is InChI=1S/C15H12ClNS2/c16-11-4-6-12(7-5-11)18-15-9-8-14(19-15)13-3-1-2-10-17-13/h1-10,14-15H. The Hall–Kier alpha value is -0.900. The number of hydrogen-bond acceptors (Lipinski definition) is 3. The van der Waals surface area contributed by atoms with Crippen LogP contribution in [0.4, 0.5) is 0 Å². The Morgan fingerprint density at radius 2 is 1.89 bits per heavy atom. The van der Waals surface area contributed by atoms with E-state index in [4.69, 9.17) is 11.6 Å². The topological polar surface area (TPSA) is 12.9 Å². The molecule has 0 bridgehead atoms. The number of benzene rings is 1. The third kappa shape index (κ3) is 3.35. The number of aromatic nitrogens is 1. The number of pyridine rings is 1. The summed E-state index contributed by atoms with van der Waals surface area (Å²) >= 11 is 9.66. The molecule has 1 nitrogen and oxygen atoms in total. The lowest BCUT2D eigenvalue weighted by Gasteiger charge is -2.11. The molecule has 0 saturated carbocycles. The summed E-state index contributed by atoms with van der Waals surface area (Å²) < 4.78 is 0.438. The monoisotopic (exact) mass is 305 g/mol. The molecule has 0 aliphatic carbocycles. The van der Waals surface area contributed by atoms with Crippen molar-refractivity contribution in [1.29, 1.82) is 0 Å². The number of halogens is 1. The molecule has 96 valence electrons. The fraction of sp³-hybridized carbons (Fsp3) is 0.133. The van der Waals surface area contributed by atoms with E-state index in [0.29, 0.717) is 9.83 Å². The normalized spacial score (nSPS) is 21.7. The molecule has 4 heteroatoms. The van der Waals surface area contributed by atoms with Crippen LogP contribution in [0.2, 0.25) is 5.02 Å². The third-order valence-corrected chi connectivity index (χ3v) is 5.69. The SMILES string of the molecule is Clc1ccc(SC2C=CC(c3ccccn3)S2)cc1. The van der Waals surface area contributed by atoms with Crippen molar-refractivity contribution in [3.8, 4) is 0 Å². The van der Waals surface area contributed by atoms with E-state index in [2.05, 4.69) is 35.3 Å². The zero-order chi connectivity index (χ0) is 13.1. The second-order valence-electron chi connectivity index (χ2n) is 4.14. The van der Waals surface area contributed by atoms with Gasteiger partial charge in [0.2, 0.25) is 0 Å². The lowest BCUT2D eigenvalue weighted by Crippen LogP contribution is -1.93. The van der Waals surface area contributed by atoms with Crippen LogP contribution in [0.1, 0.15) is 10.9 Å². The molecular weight excluding hydrogens is 294 g/mol. The largest absolute Gasteiger partial charge is 0.260 e. The third-order valence-electron chi connectivity index (χ3n) is 2.77. The predicted octanol–water partition coefficient (Wildman–Crippen LogP) is 5.20. The molecule has 3 rings (SSSR count). The fourth-order valence-electron chi connectivity index (χ4n) is 1.85. The summed E-state index contributed by atoms with van der Waals surface area (Å²) in [6.45, 7) is 0. The van der Waals surface area contributed by atoms with E-state index in [-0.39, 0.29) is 0 Å². The first-order valence-electron chi connectivity index (χ1n) is 5.98. The average Bonchev–Trinajstić information content (AvgIpc) is 2.91. The summed E-state index contributed by atoms with van der Waals surface area (Å²) in [5.74, 6) is 0. The van der Waals surface area contributed by atoms with Gasteiger partial charge < -0.3 is 0 Å². The number of nitrogens with zero attached hydrogens (tertiary/aromatic N) is 1. The molecule has 2 unspecified atom stereocenters. The number of thioether (sulfide) groups is 2. The van der Waals surface area contributed by atoms with Gasteiger partial charge in [0, 0.05) is 16.1 Å². The highest BCUT2D eigenvalue weighted by atomic mass is 35.5. The van der Waals surface area contributed by atoms with Crippen molar-refractivity contribution in [2.75, 3.05) is 0 Å². The van der Waals surface area contributed by atoms with Gasteiger partial charge in [0.15, 0.2) is 0 Å². The molecule has 0 spiro atoms. The van der Waals surface area contributed by atoms with Gasteiger partial charge in [0.25, 0.3) is 0 Å². The highest BCUT2D eigenvalue weighted by molar-refractivity contribution is 8.17. The van der Waals surface area contributed by atoms with Crippen LogP contribution in [-0.4, -0.2) is 9.57 Å². The van der Waals surface area contributed by atoms with Gasteiger partial charge in [-0.15, -0.1) is 23.5 Å². The number of hydrogen-bond donors (Lipinski definition) is 0. The van der Waals surface area contributed by atoms with E-state index in [1.54, 1.807) is 0 Å². The molecular formula is C15H12ClNS2. The lowest BCUT2D eigenvalue weighted by atomic mass is 10.2. The zero-order valence-electron chi connectivity index (χ0n) is 10.1. The first-order chi connectivity index (χ1) is 9.31. The van der Waals surface area contributed by atoms with E-state index in [0.717, 1.165) is 10.7 Å². The minimum absolute atomic E-state index is 0.367. The van der Waals surface area contributed by atoms with E-state index >= 15 is 0 Å². The van der Waals surface area contributed by atoms with Crippen LogP contribution in [0.3, 0.4) is 0 Å². The van der Waals surface area contributed by atoms with Crippen molar-refractivity contribution in [3.05, 3.63) is 71.5 Å². The highest BCUT2D eigenvalue weighted by Gasteiger charge is 2.22. The van der Waals surface area contributed by atoms with Crippen LogP contribution in [0.25, 0.3) is 0 Å². The summed E-state index contributed by atoms with van der Waals surface area (Å²) in [6.07, 6.45) is 6.34. The van der Waals surface area contributed by atoms with Crippen molar-refractivity contribution in [3.63, 3.8) is 0 Å². The lowest BCUT2D eigenvalue weighted by molar-refractivity contribution is 1.10. The van der Waals surface area contributed by atoms with Crippen LogP contribution in [0.5, 0.6) is 0 Å². The van der Waals surface area contributed by atoms with Crippen molar-refractivity contribution in [1.82, 2.24) is 4.98 Å². The quantitative estimate of drug-likeness (QED) is 0.724. The summed E-state index contributed by atoms with van der Waals surface area (Å²) in [4.78, 5) is 5.66. The maximum atomic E-state index is 5.89. The van der Waals surface area contributed by atoms with E-state index in [9.17, 15) is 0 Å². The Labute approximate surface area is 126 Å². The fourth-order valence-corrected chi connectivity index (χ4v) is 4.56. The number of rotatable bonds is 3. The molecule has 19 heavy (non-hydrogen) atoms. The first kappa shape index (κ1) is 13.1. The van der Waals surface area contributed by atoms with Crippen molar-refractivity contribution < 1.29 is 0 Å². The summed E-state index contributed by atoms with van der Waals surface area (Å²) in [6, 6.07) is 14.1. The van der Waals surface area contributed by atoms with Crippen LogP contribution in [0, 0.1) is 0 Å². The van der Waals surface area contributed by atoms with E-state index in [1.807, 2.05) is 54.0 Å². The average molecular weight is 306 g/mol. The van der Waals surface area contributed by atoms with Crippen LogP contribution in [0.15, 0.2) is 65.7 Å². The molecule has 1 aliphatic heterocycles. The van der Waals surface area contributed by atoms with Crippen LogP contribution < -0.4 is 0 Å². The summed E-state index contributed by atoms with van der Waals surface area (Å²) in [5.41, 5.74) is 1.13. The van der Waals surface area contributed by atoms with Gasteiger partial charge in [0.1, 0.15) is 0 Å². The second-order valence-corrected chi connectivity index (χ2v) is 7.37. The van der Waals surface area contributed by atoms with Crippen molar-refractivity contribution in [2.45, 2.75) is 14.7 Å².